The molecule has 0 amide bonds. The van der Waals surface area contributed by atoms with Crippen LogP contribution >= 0.6 is 11.3 Å². The average Bonchev–Trinajstić information content (AvgIpc) is 3.05. The maximum atomic E-state index is 12.9. The molecule has 7 heteroatoms. The Morgan fingerprint density at radius 3 is 2.47 bits per heavy atom. The molecule has 0 radical (unpaired) electrons. The molecule has 4 aromatic rings. The monoisotopic (exact) mass is 447 g/mol. The van der Waals surface area contributed by atoms with Crippen LogP contribution < -0.4 is 20.4 Å². The number of thiazole rings is 1. The van der Waals surface area contributed by atoms with Crippen molar-refractivity contribution in [2.45, 2.75) is 33.6 Å². The van der Waals surface area contributed by atoms with Crippen molar-refractivity contribution < 1.29 is 4.74 Å². The summed E-state index contributed by atoms with van der Waals surface area (Å²) in [5, 5.41) is 4.32. The molecule has 0 aliphatic heterocycles. The van der Waals surface area contributed by atoms with Gasteiger partial charge in [0.05, 0.1) is 11.1 Å². The summed E-state index contributed by atoms with van der Waals surface area (Å²) in [5.41, 5.74) is 2.54. The topological polar surface area (TPSA) is 73.6 Å². The fourth-order valence-corrected chi connectivity index (χ4v) is 4.08. The predicted molar refractivity (Wildman–Crippen MR) is 128 cm³/mol. The number of benzene rings is 2. The van der Waals surface area contributed by atoms with E-state index in [1.54, 1.807) is 6.08 Å². The third-order valence-electron chi connectivity index (χ3n) is 5.08. The quantitative estimate of drug-likeness (QED) is 0.434. The number of hydrogen-bond donors (Lipinski definition) is 0. The zero-order valence-corrected chi connectivity index (χ0v) is 19.2. The number of ether oxygens (including phenoxy) is 1. The molecule has 0 aliphatic carbocycles. The number of rotatable bonds is 7. The Morgan fingerprint density at radius 2 is 1.78 bits per heavy atom. The van der Waals surface area contributed by atoms with E-state index < -0.39 is 5.56 Å². The van der Waals surface area contributed by atoms with E-state index >= 15 is 0 Å². The molecule has 0 atom stereocenters. The van der Waals surface area contributed by atoms with Crippen molar-refractivity contribution in [3.05, 3.63) is 96.2 Å². The van der Waals surface area contributed by atoms with Gasteiger partial charge in [0.15, 0.2) is 0 Å². The Labute approximate surface area is 189 Å². The summed E-state index contributed by atoms with van der Waals surface area (Å²) in [6.45, 7) is 7.01. The molecule has 4 rings (SSSR count). The molecule has 0 saturated carbocycles. The number of nitrogens with zero attached hydrogens (tertiary/aromatic N) is 3. The lowest BCUT2D eigenvalue weighted by molar-refractivity contribution is 0.289. The van der Waals surface area contributed by atoms with Gasteiger partial charge in [0, 0.05) is 6.42 Å². The predicted octanol–water partition coefficient (Wildman–Crippen LogP) is 3.38. The van der Waals surface area contributed by atoms with Crippen molar-refractivity contribution in [2.24, 2.45) is 5.92 Å². The van der Waals surface area contributed by atoms with Gasteiger partial charge in [-0.25, -0.2) is 0 Å². The fourth-order valence-electron chi connectivity index (χ4n) is 3.18. The first kappa shape index (κ1) is 21.9. The van der Waals surface area contributed by atoms with Crippen molar-refractivity contribution in [2.75, 3.05) is 6.61 Å². The number of hydrogen-bond acceptors (Lipinski definition) is 6. The van der Waals surface area contributed by atoms with Gasteiger partial charge in [-0.15, -0.1) is 0 Å². The molecular formula is C25H25N3O3S. The van der Waals surface area contributed by atoms with E-state index in [1.807, 2.05) is 55.5 Å². The van der Waals surface area contributed by atoms with E-state index in [1.165, 1.54) is 4.52 Å². The summed E-state index contributed by atoms with van der Waals surface area (Å²) in [6, 6.07) is 15.5. The highest BCUT2D eigenvalue weighted by Crippen LogP contribution is 2.14. The van der Waals surface area contributed by atoms with Gasteiger partial charge < -0.3 is 4.74 Å². The van der Waals surface area contributed by atoms with Crippen LogP contribution in [0.2, 0.25) is 0 Å². The highest BCUT2D eigenvalue weighted by Gasteiger charge is 2.12. The van der Waals surface area contributed by atoms with Crippen LogP contribution in [0.25, 0.3) is 11.0 Å². The summed E-state index contributed by atoms with van der Waals surface area (Å²) in [4.78, 5) is 29.7. The molecule has 0 spiro atoms. The van der Waals surface area contributed by atoms with Crippen molar-refractivity contribution in [1.29, 1.82) is 0 Å². The molecular weight excluding hydrogens is 422 g/mol. The lowest BCUT2D eigenvalue weighted by Crippen LogP contribution is -2.28. The summed E-state index contributed by atoms with van der Waals surface area (Å²) in [7, 11) is 0. The molecule has 6 nitrogen and oxygen atoms in total. The van der Waals surface area contributed by atoms with Crippen molar-refractivity contribution in [3.8, 4) is 5.75 Å². The zero-order valence-electron chi connectivity index (χ0n) is 18.4. The van der Waals surface area contributed by atoms with Crippen LogP contribution in [0.5, 0.6) is 5.75 Å². The van der Waals surface area contributed by atoms with Gasteiger partial charge in [-0.1, -0.05) is 67.1 Å². The van der Waals surface area contributed by atoms with E-state index in [4.69, 9.17) is 4.74 Å². The molecule has 0 unspecified atom stereocenters. The minimum atomic E-state index is -0.402. The van der Waals surface area contributed by atoms with Crippen molar-refractivity contribution in [1.82, 2.24) is 14.6 Å². The molecule has 0 N–H and O–H groups in total. The summed E-state index contributed by atoms with van der Waals surface area (Å²) in [6.07, 6.45) is 3.12. The molecule has 0 aliphatic rings. The SMILES string of the molecule is Cc1ccc(Cc2nn3c(=O)c(=Cc4ccc(OCCC(C)C)cc4)sc3nc2=O)cc1. The first-order chi connectivity index (χ1) is 15.4. The first-order valence-corrected chi connectivity index (χ1v) is 11.4. The van der Waals surface area contributed by atoms with Gasteiger partial charge in [0.2, 0.25) is 4.96 Å². The molecule has 32 heavy (non-hydrogen) atoms. The normalized spacial score (nSPS) is 12.1. The van der Waals surface area contributed by atoms with E-state index in [0.717, 1.165) is 40.2 Å². The number of fused-ring (bicyclic) bond motifs is 1. The Morgan fingerprint density at radius 1 is 1.06 bits per heavy atom. The van der Waals surface area contributed by atoms with Crippen LogP contribution in [0.3, 0.4) is 0 Å². The van der Waals surface area contributed by atoms with Crippen LogP contribution in [-0.4, -0.2) is 21.2 Å². The molecule has 2 aromatic carbocycles. The summed E-state index contributed by atoms with van der Waals surface area (Å²) in [5.74, 6) is 1.40. The Balaban J connectivity index is 1.60. The minimum absolute atomic E-state index is 0.260. The standard InChI is InChI=1S/C25H25N3O3S/c1-16(2)12-13-31-20-10-8-19(9-11-20)15-22-24(30)28-25(32-22)26-23(29)21(27-28)14-18-6-4-17(3)5-7-18/h4-11,15-16H,12-14H2,1-3H3. The molecule has 2 aromatic heterocycles. The second-order valence-electron chi connectivity index (χ2n) is 8.24. The van der Waals surface area contributed by atoms with Gasteiger partial charge in [-0.3, -0.25) is 9.59 Å². The molecule has 0 fully saturated rings. The minimum Gasteiger partial charge on any atom is -0.494 e. The van der Waals surface area contributed by atoms with E-state index in [-0.39, 0.29) is 11.3 Å². The van der Waals surface area contributed by atoms with Crippen LogP contribution in [0, 0.1) is 12.8 Å². The number of aryl methyl sites for hydroxylation is 1. The highest BCUT2D eigenvalue weighted by molar-refractivity contribution is 7.15. The molecule has 164 valence electrons. The third kappa shape index (κ3) is 5.11. The number of aromatic nitrogens is 3. The van der Waals surface area contributed by atoms with Crippen LogP contribution in [0.4, 0.5) is 0 Å². The second-order valence-corrected chi connectivity index (χ2v) is 9.25. The Bertz CT molecular complexity index is 1390. The van der Waals surface area contributed by atoms with Gasteiger partial charge in [0.25, 0.3) is 11.1 Å². The van der Waals surface area contributed by atoms with Gasteiger partial charge in [-0.05, 0) is 48.6 Å². The summed E-state index contributed by atoms with van der Waals surface area (Å²) >= 11 is 1.16. The zero-order chi connectivity index (χ0) is 22.7. The maximum absolute atomic E-state index is 12.9. The lowest BCUT2D eigenvalue weighted by atomic mass is 10.1. The molecule has 0 bridgehead atoms. The van der Waals surface area contributed by atoms with Gasteiger partial charge in [0.1, 0.15) is 11.4 Å². The maximum Gasteiger partial charge on any atom is 0.296 e. The van der Waals surface area contributed by atoms with E-state index in [9.17, 15) is 9.59 Å². The average molecular weight is 448 g/mol. The Kier molecular flexibility index (Phi) is 6.46. The second kappa shape index (κ2) is 9.44. The van der Waals surface area contributed by atoms with Crippen LogP contribution in [0.1, 0.15) is 42.7 Å². The van der Waals surface area contributed by atoms with Crippen LogP contribution in [0.15, 0.2) is 58.1 Å². The third-order valence-corrected chi connectivity index (χ3v) is 6.04. The highest BCUT2D eigenvalue weighted by atomic mass is 32.1. The summed E-state index contributed by atoms with van der Waals surface area (Å²) < 4.78 is 7.45. The molecule has 0 saturated heterocycles. The lowest BCUT2D eigenvalue weighted by Gasteiger charge is -2.07. The fraction of sp³-hybridized carbons (Fsp3) is 0.280. The van der Waals surface area contributed by atoms with Crippen molar-refractivity contribution >= 4 is 22.4 Å². The Hall–Kier alpha value is -3.32. The first-order valence-electron chi connectivity index (χ1n) is 10.6. The largest absolute Gasteiger partial charge is 0.494 e. The smallest absolute Gasteiger partial charge is 0.296 e. The van der Waals surface area contributed by atoms with Crippen molar-refractivity contribution in [3.63, 3.8) is 0 Å². The van der Waals surface area contributed by atoms with E-state index in [0.29, 0.717) is 28.4 Å². The molecule has 2 heterocycles. The van der Waals surface area contributed by atoms with E-state index in [2.05, 4.69) is 23.9 Å². The van der Waals surface area contributed by atoms with Gasteiger partial charge in [-0.2, -0.15) is 14.6 Å². The van der Waals surface area contributed by atoms with Crippen LogP contribution in [-0.2, 0) is 6.42 Å². The van der Waals surface area contributed by atoms with Gasteiger partial charge >= 0.3 is 0 Å².